The van der Waals surface area contributed by atoms with Crippen LogP contribution in [0.3, 0.4) is 0 Å². The Kier molecular flexibility index (Phi) is 3.09. The van der Waals surface area contributed by atoms with Crippen molar-refractivity contribution in [1.29, 1.82) is 0 Å². The summed E-state index contributed by atoms with van der Waals surface area (Å²) in [6, 6.07) is 34.4. The molecular formula is C30H21Cl. The van der Waals surface area contributed by atoms with Crippen LogP contribution in [0.2, 0.25) is 5.02 Å². The number of hydrogen-bond donors (Lipinski definition) is 0. The molecule has 6 aliphatic rings. The van der Waals surface area contributed by atoms with Gasteiger partial charge in [-0.15, -0.1) is 0 Å². The van der Waals surface area contributed by atoms with E-state index >= 15 is 0 Å². The average Bonchev–Trinajstić information content (AvgIpc) is 2.83. The molecule has 0 spiro atoms. The van der Waals surface area contributed by atoms with Crippen molar-refractivity contribution in [2.45, 2.75) is 23.7 Å². The van der Waals surface area contributed by atoms with Gasteiger partial charge in [-0.2, -0.15) is 0 Å². The molecule has 4 aromatic rings. The summed E-state index contributed by atoms with van der Waals surface area (Å²) in [5.74, 6) is 2.95. The second-order valence-corrected chi connectivity index (χ2v) is 10.2. The molecule has 4 unspecified atom stereocenters. The molecule has 4 bridgehead atoms. The summed E-state index contributed by atoms with van der Waals surface area (Å²) in [4.78, 5) is 0. The molecule has 0 aromatic heterocycles. The zero-order valence-corrected chi connectivity index (χ0v) is 17.8. The van der Waals surface area contributed by atoms with Crippen molar-refractivity contribution in [3.63, 3.8) is 0 Å². The number of benzene rings is 4. The number of halogens is 1. The fourth-order valence-electron chi connectivity index (χ4n) is 7.93. The first-order valence-electron chi connectivity index (χ1n) is 11.4. The Morgan fingerprint density at radius 3 is 1.10 bits per heavy atom. The summed E-state index contributed by atoms with van der Waals surface area (Å²) in [5.41, 5.74) is 12.3. The van der Waals surface area contributed by atoms with Crippen molar-refractivity contribution in [2.24, 2.45) is 11.8 Å². The molecule has 0 fully saturated rings. The smallest absolute Gasteiger partial charge is 0.0409 e. The summed E-state index contributed by atoms with van der Waals surface area (Å²) in [7, 11) is 0. The van der Waals surface area contributed by atoms with Gasteiger partial charge in [-0.05, 0) is 68.5 Å². The van der Waals surface area contributed by atoms with Gasteiger partial charge in [-0.1, -0.05) is 90.5 Å². The maximum absolute atomic E-state index is 6.56. The van der Waals surface area contributed by atoms with Gasteiger partial charge in [0.1, 0.15) is 0 Å². The van der Waals surface area contributed by atoms with Gasteiger partial charge in [0.05, 0.1) is 0 Å². The predicted octanol–water partition coefficient (Wildman–Crippen LogP) is 7.45. The maximum atomic E-state index is 6.56. The zero-order chi connectivity index (χ0) is 20.3. The highest BCUT2D eigenvalue weighted by molar-refractivity contribution is 6.30. The molecule has 0 N–H and O–H groups in total. The molecule has 0 radical (unpaired) electrons. The Morgan fingerprint density at radius 2 is 0.710 bits per heavy atom. The Hall–Kier alpha value is -2.83. The van der Waals surface area contributed by atoms with Gasteiger partial charge in [-0.25, -0.2) is 0 Å². The van der Waals surface area contributed by atoms with Crippen LogP contribution >= 0.6 is 11.6 Å². The third-order valence-electron chi connectivity index (χ3n) is 8.70. The lowest BCUT2D eigenvalue weighted by Gasteiger charge is -2.61. The number of rotatable bonds is 0. The first kappa shape index (κ1) is 16.8. The van der Waals surface area contributed by atoms with E-state index in [-0.39, 0.29) is 0 Å². The fourth-order valence-corrected chi connectivity index (χ4v) is 8.11. The van der Waals surface area contributed by atoms with Crippen LogP contribution in [0.15, 0.2) is 91.0 Å². The molecule has 4 aromatic carbocycles. The zero-order valence-electron chi connectivity index (χ0n) is 17.0. The monoisotopic (exact) mass is 416 g/mol. The SMILES string of the molecule is Clc1ccc2c(c1)C1c3ccccc3C2C2C3c4ccccc4C(c4ccccc43)C12. The predicted molar refractivity (Wildman–Crippen MR) is 125 cm³/mol. The Labute approximate surface area is 187 Å². The average molecular weight is 417 g/mol. The molecule has 148 valence electrons. The van der Waals surface area contributed by atoms with E-state index in [4.69, 9.17) is 11.6 Å². The van der Waals surface area contributed by atoms with Crippen molar-refractivity contribution < 1.29 is 0 Å². The van der Waals surface area contributed by atoms with Crippen LogP contribution in [0, 0.1) is 11.8 Å². The van der Waals surface area contributed by atoms with Crippen LogP contribution in [-0.2, 0) is 0 Å². The Balaban J connectivity index is 1.49. The first-order chi connectivity index (χ1) is 15.3. The Morgan fingerprint density at radius 1 is 0.387 bits per heavy atom. The minimum Gasteiger partial charge on any atom is -0.0843 e. The molecule has 6 aliphatic carbocycles. The topological polar surface area (TPSA) is 0 Å². The lowest BCUT2D eigenvalue weighted by atomic mass is 9.41. The highest BCUT2D eigenvalue weighted by atomic mass is 35.5. The molecule has 4 atom stereocenters. The largest absolute Gasteiger partial charge is 0.0843 e. The van der Waals surface area contributed by atoms with E-state index in [1.54, 1.807) is 27.8 Å². The standard InChI is InChI=1S/C30H21Cl/c31-16-13-14-23-24(15-16)28-22-12-6-5-11-21(22)27(23)29-25-17-7-1-3-9-19(17)26(30(28)29)20-10-4-2-8-18(20)25/h1-15,25-30H. The lowest BCUT2D eigenvalue weighted by molar-refractivity contribution is 0.155. The van der Waals surface area contributed by atoms with Gasteiger partial charge < -0.3 is 0 Å². The first-order valence-corrected chi connectivity index (χ1v) is 11.8. The summed E-state index contributed by atoms with van der Waals surface area (Å²) < 4.78 is 0. The van der Waals surface area contributed by atoms with Crippen LogP contribution in [-0.4, -0.2) is 0 Å². The molecule has 0 amide bonds. The molecule has 0 saturated heterocycles. The molecule has 0 heterocycles. The van der Waals surface area contributed by atoms with Crippen LogP contribution in [0.25, 0.3) is 0 Å². The summed E-state index contributed by atoms with van der Waals surface area (Å²) in [6.07, 6.45) is 0. The quantitative estimate of drug-likeness (QED) is 0.279. The second-order valence-electron chi connectivity index (χ2n) is 9.73. The van der Waals surface area contributed by atoms with Gasteiger partial charge in [0.15, 0.2) is 0 Å². The molecule has 0 saturated carbocycles. The third-order valence-corrected chi connectivity index (χ3v) is 8.94. The molecule has 10 rings (SSSR count). The van der Waals surface area contributed by atoms with Crippen molar-refractivity contribution in [3.05, 3.63) is 141 Å². The minimum atomic E-state index is 0.411. The molecule has 0 nitrogen and oxygen atoms in total. The second kappa shape index (κ2) is 5.69. The third kappa shape index (κ3) is 1.90. The summed E-state index contributed by atoms with van der Waals surface area (Å²) in [5, 5.41) is 0.863. The maximum Gasteiger partial charge on any atom is 0.0409 e. The molecule has 1 heteroatoms. The van der Waals surface area contributed by atoms with E-state index in [0.29, 0.717) is 35.5 Å². The Bertz CT molecular complexity index is 1350. The van der Waals surface area contributed by atoms with Gasteiger partial charge in [0.25, 0.3) is 0 Å². The van der Waals surface area contributed by atoms with Gasteiger partial charge >= 0.3 is 0 Å². The van der Waals surface area contributed by atoms with Crippen molar-refractivity contribution >= 4 is 11.6 Å². The van der Waals surface area contributed by atoms with Crippen molar-refractivity contribution in [2.75, 3.05) is 0 Å². The fraction of sp³-hybridized carbons (Fsp3) is 0.200. The van der Waals surface area contributed by atoms with Crippen LogP contribution < -0.4 is 0 Å². The van der Waals surface area contributed by atoms with E-state index in [1.807, 2.05) is 0 Å². The van der Waals surface area contributed by atoms with E-state index in [9.17, 15) is 0 Å². The van der Waals surface area contributed by atoms with Crippen molar-refractivity contribution in [1.82, 2.24) is 0 Å². The molecule has 0 aliphatic heterocycles. The van der Waals surface area contributed by atoms with E-state index in [0.717, 1.165) is 5.02 Å². The van der Waals surface area contributed by atoms with Crippen molar-refractivity contribution in [3.8, 4) is 0 Å². The minimum absolute atomic E-state index is 0.411. The van der Waals surface area contributed by atoms with Crippen LogP contribution in [0.5, 0.6) is 0 Å². The lowest BCUT2D eigenvalue weighted by Crippen LogP contribution is -2.51. The van der Waals surface area contributed by atoms with E-state index in [1.165, 1.54) is 16.7 Å². The highest BCUT2D eigenvalue weighted by Gasteiger charge is 2.60. The van der Waals surface area contributed by atoms with Gasteiger partial charge in [-0.3, -0.25) is 0 Å². The van der Waals surface area contributed by atoms with Gasteiger partial charge in [0.2, 0.25) is 0 Å². The molecular weight excluding hydrogens is 396 g/mol. The molecule has 31 heavy (non-hydrogen) atoms. The van der Waals surface area contributed by atoms with Gasteiger partial charge in [0, 0.05) is 28.7 Å². The summed E-state index contributed by atoms with van der Waals surface area (Å²) >= 11 is 6.56. The normalized spacial score (nSPS) is 30.1. The van der Waals surface area contributed by atoms with Crippen LogP contribution in [0.4, 0.5) is 0 Å². The van der Waals surface area contributed by atoms with Crippen LogP contribution in [0.1, 0.15) is 68.2 Å². The van der Waals surface area contributed by atoms with E-state index in [2.05, 4.69) is 91.0 Å². The van der Waals surface area contributed by atoms with E-state index < -0.39 is 0 Å². The number of hydrogen-bond acceptors (Lipinski definition) is 0. The highest BCUT2D eigenvalue weighted by Crippen LogP contribution is 2.71. The summed E-state index contributed by atoms with van der Waals surface area (Å²) in [6.45, 7) is 0.